The van der Waals surface area contributed by atoms with E-state index >= 15 is 0 Å². The van der Waals surface area contributed by atoms with Crippen LogP contribution in [0.3, 0.4) is 0 Å². The summed E-state index contributed by atoms with van der Waals surface area (Å²) in [5.74, 6) is -1.05. The quantitative estimate of drug-likeness (QED) is 0.927. The Labute approximate surface area is 105 Å². The number of carbonyl (C=O) groups is 1. The van der Waals surface area contributed by atoms with Gasteiger partial charge in [0.15, 0.2) is 0 Å². The summed E-state index contributed by atoms with van der Waals surface area (Å²) in [5.41, 5.74) is -0.0550. The van der Waals surface area contributed by atoms with Crippen LogP contribution in [0.2, 0.25) is 0 Å². The molecule has 0 fully saturated rings. The first kappa shape index (κ1) is 11.7. The van der Waals surface area contributed by atoms with E-state index in [1.165, 1.54) is 24.5 Å². The van der Waals surface area contributed by atoms with Crippen LogP contribution in [0.5, 0.6) is 0 Å². The first-order valence-corrected chi connectivity index (χ1v) is 5.49. The normalized spacial score (nSPS) is 10.0. The lowest BCUT2D eigenvalue weighted by molar-refractivity contribution is 0.102. The number of hydrogen-bond acceptors (Lipinski definition) is 3. The van der Waals surface area contributed by atoms with Gasteiger partial charge in [-0.1, -0.05) is 15.9 Å². The van der Waals surface area contributed by atoms with Gasteiger partial charge in [-0.2, -0.15) is 0 Å². The van der Waals surface area contributed by atoms with Crippen LogP contribution in [0.15, 0.2) is 41.1 Å². The number of halogens is 2. The maximum Gasteiger partial charge on any atom is 0.260 e. The molecule has 17 heavy (non-hydrogen) atoms. The number of nitrogens with zero attached hydrogens (tertiary/aromatic N) is 2. The predicted molar refractivity (Wildman–Crippen MR) is 64.1 cm³/mol. The van der Waals surface area contributed by atoms with Crippen LogP contribution in [-0.4, -0.2) is 15.9 Å². The molecule has 0 aliphatic carbocycles. The Morgan fingerprint density at radius 2 is 2.00 bits per heavy atom. The average molecular weight is 296 g/mol. The fraction of sp³-hybridized carbons (Fsp3) is 0. The van der Waals surface area contributed by atoms with E-state index in [0.717, 1.165) is 0 Å². The van der Waals surface area contributed by atoms with Crippen LogP contribution < -0.4 is 5.32 Å². The molecule has 1 N–H and O–H groups in total. The van der Waals surface area contributed by atoms with Crippen LogP contribution in [0.25, 0.3) is 0 Å². The molecule has 0 saturated heterocycles. The molecule has 0 bridgehead atoms. The molecule has 0 spiro atoms. The second kappa shape index (κ2) is 5.01. The number of anilines is 1. The molecule has 0 radical (unpaired) electrons. The Hall–Kier alpha value is -1.82. The molecular weight excluding hydrogens is 289 g/mol. The second-order valence-corrected chi connectivity index (χ2v) is 4.07. The third-order valence-electron chi connectivity index (χ3n) is 1.97. The number of hydrogen-bond donors (Lipinski definition) is 1. The summed E-state index contributed by atoms with van der Waals surface area (Å²) >= 11 is 3.12. The minimum atomic E-state index is -0.604. The molecular formula is C11H7BrFN3O. The van der Waals surface area contributed by atoms with Crippen molar-refractivity contribution in [3.05, 3.63) is 52.5 Å². The Balaban J connectivity index is 2.21. The maximum absolute atomic E-state index is 13.5. The van der Waals surface area contributed by atoms with Crippen LogP contribution in [-0.2, 0) is 0 Å². The molecule has 1 amide bonds. The Morgan fingerprint density at radius 1 is 1.29 bits per heavy atom. The summed E-state index contributed by atoms with van der Waals surface area (Å²) in [6.45, 7) is 0. The zero-order valence-corrected chi connectivity index (χ0v) is 10.1. The van der Waals surface area contributed by atoms with Crippen LogP contribution in [0.1, 0.15) is 10.4 Å². The zero-order valence-electron chi connectivity index (χ0n) is 8.52. The smallest absolute Gasteiger partial charge is 0.260 e. The Morgan fingerprint density at radius 3 is 2.65 bits per heavy atom. The molecule has 0 saturated carbocycles. The number of benzene rings is 1. The standard InChI is InChI=1S/C11H7BrFN3O/c12-7-2-3-8(9(13)6-7)10(17)16-11-14-4-1-5-15-11/h1-6H,(H,14,15,16,17). The lowest BCUT2D eigenvalue weighted by Crippen LogP contribution is -2.15. The number of nitrogens with one attached hydrogen (secondary N) is 1. The van der Waals surface area contributed by atoms with Gasteiger partial charge in [0.1, 0.15) is 5.82 Å². The van der Waals surface area contributed by atoms with Gasteiger partial charge in [0.05, 0.1) is 5.56 Å². The largest absolute Gasteiger partial charge is 0.290 e. The third kappa shape index (κ3) is 2.85. The lowest BCUT2D eigenvalue weighted by atomic mass is 10.2. The average Bonchev–Trinajstić information content (AvgIpc) is 2.30. The van der Waals surface area contributed by atoms with Crippen LogP contribution >= 0.6 is 15.9 Å². The van der Waals surface area contributed by atoms with Crippen molar-refractivity contribution in [1.82, 2.24) is 9.97 Å². The van der Waals surface area contributed by atoms with Crippen molar-refractivity contribution >= 4 is 27.8 Å². The van der Waals surface area contributed by atoms with Crippen molar-refractivity contribution < 1.29 is 9.18 Å². The fourth-order valence-electron chi connectivity index (χ4n) is 1.21. The molecule has 0 unspecified atom stereocenters. The van der Waals surface area contributed by atoms with Gasteiger partial charge in [0.2, 0.25) is 5.95 Å². The van der Waals surface area contributed by atoms with Crippen LogP contribution in [0, 0.1) is 5.82 Å². The highest BCUT2D eigenvalue weighted by Gasteiger charge is 2.12. The van der Waals surface area contributed by atoms with Gasteiger partial charge in [-0.05, 0) is 24.3 Å². The van der Waals surface area contributed by atoms with E-state index in [0.29, 0.717) is 4.47 Å². The van der Waals surface area contributed by atoms with Gasteiger partial charge >= 0.3 is 0 Å². The van der Waals surface area contributed by atoms with E-state index in [1.807, 2.05) is 0 Å². The monoisotopic (exact) mass is 295 g/mol. The van der Waals surface area contributed by atoms with E-state index in [-0.39, 0.29) is 11.5 Å². The molecule has 0 aliphatic heterocycles. The van der Waals surface area contributed by atoms with Gasteiger partial charge in [-0.3, -0.25) is 10.1 Å². The highest BCUT2D eigenvalue weighted by atomic mass is 79.9. The van der Waals surface area contributed by atoms with Crippen LogP contribution in [0.4, 0.5) is 10.3 Å². The molecule has 6 heteroatoms. The predicted octanol–water partition coefficient (Wildman–Crippen LogP) is 2.63. The number of carbonyl (C=O) groups excluding carboxylic acids is 1. The topological polar surface area (TPSA) is 54.9 Å². The molecule has 0 aliphatic rings. The minimum Gasteiger partial charge on any atom is -0.290 e. The van der Waals surface area contributed by atoms with E-state index in [1.54, 1.807) is 12.1 Å². The van der Waals surface area contributed by atoms with Gasteiger partial charge < -0.3 is 0 Å². The number of rotatable bonds is 2. The Kier molecular flexibility index (Phi) is 3.43. The van der Waals surface area contributed by atoms with Crippen molar-refractivity contribution in [1.29, 1.82) is 0 Å². The summed E-state index contributed by atoms with van der Waals surface area (Å²) in [5, 5.41) is 2.40. The van der Waals surface area contributed by atoms with E-state index in [9.17, 15) is 9.18 Å². The van der Waals surface area contributed by atoms with Crippen molar-refractivity contribution in [2.45, 2.75) is 0 Å². The molecule has 1 aromatic heterocycles. The van der Waals surface area contributed by atoms with E-state index in [4.69, 9.17) is 0 Å². The lowest BCUT2D eigenvalue weighted by Gasteiger charge is -2.04. The second-order valence-electron chi connectivity index (χ2n) is 3.15. The molecule has 2 rings (SSSR count). The van der Waals surface area contributed by atoms with E-state index < -0.39 is 11.7 Å². The Bertz CT molecular complexity index is 548. The SMILES string of the molecule is O=C(Nc1ncccn1)c1ccc(Br)cc1F. The van der Waals surface area contributed by atoms with Crippen molar-refractivity contribution in [3.63, 3.8) is 0 Å². The molecule has 86 valence electrons. The summed E-state index contributed by atoms with van der Waals surface area (Å²) in [4.78, 5) is 19.3. The van der Waals surface area contributed by atoms with Crippen molar-refractivity contribution in [2.24, 2.45) is 0 Å². The van der Waals surface area contributed by atoms with E-state index in [2.05, 4.69) is 31.2 Å². The number of amides is 1. The first-order valence-electron chi connectivity index (χ1n) is 4.70. The summed E-state index contributed by atoms with van der Waals surface area (Å²) < 4.78 is 14.0. The molecule has 0 atom stereocenters. The molecule has 4 nitrogen and oxygen atoms in total. The molecule has 1 aromatic carbocycles. The molecule has 1 heterocycles. The summed E-state index contributed by atoms with van der Waals surface area (Å²) in [6, 6.07) is 5.82. The van der Waals surface area contributed by atoms with Crippen molar-refractivity contribution in [3.8, 4) is 0 Å². The summed E-state index contributed by atoms with van der Waals surface area (Å²) in [7, 11) is 0. The van der Waals surface area contributed by atoms with Gasteiger partial charge in [-0.25, -0.2) is 14.4 Å². The zero-order chi connectivity index (χ0) is 12.3. The fourth-order valence-corrected chi connectivity index (χ4v) is 1.54. The van der Waals surface area contributed by atoms with Gasteiger partial charge in [-0.15, -0.1) is 0 Å². The summed E-state index contributed by atoms with van der Waals surface area (Å²) in [6.07, 6.45) is 2.97. The van der Waals surface area contributed by atoms with Crippen molar-refractivity contribution in [2.75, 3.05) is 5.32 Å². The maximum atomic E-state index is 13.5. The van der Waals surface area contributed by atoms with Gasteiger partial charge in [0.25, 0.3) is 5.91 Å². The highest BCUT2D eigenvalue weighted by molar-refractivity contribution is 9.10. The molecule has 2 aromatic rings. The number of aromatic nitrogens is 2. The highest BCUT2D eigenvalue weighted by Crippen LogP contribution is 2.15. The third-order valence-corrected chi connectivity index (χ3v) is 2.46. The first-order chi connectivity index (χ1) is 8.16. The minimum absolute atomic E-state index is 0.0550. The van der Waals surface area contributed by atoms with Gasteiger partial charge in [0, 0.05) is 16.9 Å².